The molecule has 3 aromatic rings. The molecule has 0 fully saturated rings. The SMILES string of the molecule is CCNC(=NCc1cccc(Cn2cccn2)c1)Nc1cccc(OCCCOC)c1.I. The summed E-state index contributed by atoms with van der Waals surface area (Å²) in [6.45, 7) is 5.48. The van der Waals surface area contributed by atoms with Gasteiger partial charge in [0, 0.05) is 50.8 Å². The molecule has 0 bridgehead atoms. The van der Waals surface area contributed by atoms with Gasteiger partial charge in [0.05, 0.1) is 19.7 Å². The van der Waals surface area contributed by atoms with E-state index in [2.05, 4.69) is 46.9 Å². The van der Waals surface area contributed by atoms with Crippen molar-refractivity contribution in [3.05, 3.63) is 78.1 Å². The number of nitrogens with zero attached hydrogens (tertiary/aromatic N) is 3. The normalized spacial score (nSPS) is 11.0. The maximum absolute atomic E-state index is 5.79. The number of ether oxygens (including phenoxy) is 2. The van der Waals surface area contributed by atoms with Crippen LogP contribution in [0.4, 0.5) is 5.69 Å². The van der Waals surface area contributed by atoms with E-state index in [9.17, 15) is 0 Å². The first-order valence-corrected chi connectivity index (χ1v) is 10.6. The Labute approximate surface area is 207 Å². The molecule has 0 aliphatic heterocycles. The lowest BCUT2D eigenvalue weighted by Crippen LogP contribution is -2.30. The van der Waals surface area contributed by atoms with E-state index in [1.165, 1.54) is 5.56 Å². The van der Waals surface area contributed by atoms with Crippen LogP contribution in [0, 0.1) is 0 Å². The highest BCUT2D eigenvalue weighted by molar-refractivity contribution is 14.0. The Kier molecular flexibility index (Phi) is 11.6. The summed E-state index contributed by atoms with van der Waals surface area (Å²) in [5, 5.41) is 10.9. The quantitative estimate of drug-likeness (QED) is 0.159. The van der Waals surface area contributed by atoms with Crippen molar-refractivity contribution in [3.8, 4) is 5.75 Å². The number of rotatable bonds is 11. The van der Waals surface area contributed by atoms with Crippen LogP contribution in [0.15, 0.2) is 72.0 Å². The third-order valence-electron chi connectivity index (χ3n) is 4.52. The monoisotopic (exact) mass is 549 g/mol. The summed E-state index contributed by atoms with van der Waals surface area (Å²) in [4.78, 5) is 4.75. The second kappa shape index (κ2) is 14.5. The van der Waals surface area contributed by atoms with E-state index in [1.54, 1.807) is 13.3 Å². The molecule has 32 heavy (non-hydrogen) atoms. The minimum atomic E-state index is 0. The lowest BCUT2D eigenvalue weighted by Gasteiger charge is -2.13. The molecule has 0 unspecified atom stereocenters. The van der Waals surface area contributed by atoms with Crippen molar-refractivity contribution in [1.82, 2.24) is 15.1 Å². The largest absolute Gasteiger partial charge is 0.493 e. The Morgan fingerprint density at radius 3 is 2.69 bits per heavy atom. The summed E-state index contributed by atoms with van der Waals surface area (Å²) >= 11 is 0. The number of nitrogens with one attached hydrogen (secondary N) is 2. The molecule has 2 aromatic carbocycles. The summed E-state index contributed by atoms with van der Waals surface area (Å²) in [7, 11) is 1.70. The third-order valence-corrected chi connectivity index (χ3v) is 4.52. The average Bonchev–Trinajstić information content (AvgIpc) is 3.29. The Bertz CT molecular complexity index is 947. The van der Waals surface area contributed by atoms with Crippen LogP contribution in [0.5, 0.6) is 5.75 Å². The van der Waals surface area contributed by atoms with Gasteiger partial charge in [0.1, 0.15) is 5.75 Å². The van der Waals surface area contributed by atoms with Crippen molar-refractivity contribution in [2.24, 2.45) is 4.99 Å². The second-order valence-corrected chi connectivity index (χ2v) is 7.07. The van der Waals surface area contributed by atoms with E-state index in [-0.39, 0.29) is 24.0 Å². The van der Waals surface area contributed by atoms with Gasteiger partial charge in [-0.1, -0.05) is 30.3 Å². The molecule has 0 aliphatic carbocycles. The number of guanidine groups is 1. The Balaban J connectivity index is 0.00000363. The van der Waals surface area contributed by atoms with E-state index < -0.39 is 0 Å². The van der Waals surface area contributed by atoms with Crippen molar-refractivity contribution < 1.29 is 9.47 Å². The molecule has 0 aliphatic rings. The summed E-state index contributed by atoms with van der Waals surface area (Å²) in [6, 6.07) is 18.3. The van der Waals surface area contributed by atoms with Gasteiger partial charge in [-0.25, -0.2) is 4.99 Å². The number of halogens is 1. The number of hydrogen-bond donors (Lipinski definition) is 2. The first kappa shape index (κ1) is 25.7. The van der Waals surface area contributed by atoms with Crippen molar-refractivity contribution in [2.75, 3.05) is 32.2 Å². The van der Waals surface area contributed by atoms with Gasteiger partial charge in [0.25, 0.3) is 0 Å². The Morgan fingerprint density at radius 2 is 1.91 bits per heavy atom. The van der Waals surface area contributed by atoms with Gasteiger partial charge < -0.3 is 20.1 Å². The molecule has 2 N–H and O–H groups in total. The highest BCUT2D eigenvalue weighted by atomic mass is 127. The maximum Gasteiger partial charge on any atom is 0.196 e. The lowest BCUT2D eigenvalue weighted by atomic mass is 10.1. The van der Waals surface area contributed by atoms with E-state index in [4.69, 9.17) is 14.5 Å². The number of benzene rings is 2. The molecule has 1 heterocycles. The minimum Gasteiger partial charge on any atom is -0.493 e. The summed E-state index contributed by atoms with van der Waals surface area (Å²) < 4.78 is 12.8. The van der Waals surface area contributed by atoms with Crippen molar-refractivity contribution >= 4 is 35.6 Å². The third kappa shape index (κ3) is 8.88. The summed E-state index contributed by atoms with van der Waals surface area (Å²) in [5.41, 5.74) is 3.28. The zero-order chi connectivity index (χ0) is 21.7. The average molecular weight is 549 g/mol. The summed E-state index contributed by atoms with van der Waals surface area (Å²) in [6.07, 6.45) is 4.62. The van der Waals surface area contributed by atoms with Crippen LogP contribution in [-0.4, -0.2) is 42.6 Å². The minimum absolute atomic E-state index is 0. The van der Waals surface area contributed by atoms with Crippen molar-refractivity contribution in [2.45, 2.75) is 26.4 Å². The Hall–Kier alpha value is -2.59. The highest BCUT2D eigenvalue weighted by Crippen LogP contribution is 2.17. The number of anilines is 1. The molecule has 0 amide bonds. The summed E-state index contributed by atoms with van der Waals surface area (Å²) in [5.74, 6) is 1.56. The molecule has 0 saturated heterocycles. The molecule has 0 spiro atoms. The predicted octanol–water partition coefficient (Wildman–Crippen LogP) is 4.54. The van der Waals surface area contributed by atoms with Crippen LogP contribution in [0.1, 0.15) is 24.5 Å². The zero-order valence-corrected chi connectivity index (χ0v) is 21.0. The molecule has 1 aromatic heterocycles. The predicted molar refractivity (Wildman–Crippen MR) is 140 cm³/mol. The van der Waals surface area contributed by atoms with Gasteiger partial charge in [-0.3, -0.25) is 4.68 Å². The fourth-order valence-corrected chi connectivity index (χ4v) is 3.08. The number of aliphatic imine (C=N–C) groups is 1. The molecule has 7 nitrogen and oxygen atoms in total. The lowest BCUT2D eigenvalue weighted by molar-refractivity contribution is 0.172. The molecule has 8 heteroatoms. The smallest absolute Gasteiger partial charge is 0.196 e. The number of aromatic nitrogens is 2. The van der Waals surface area contributed by atoms with Crippen LogP contribution in [0.3, 0.4) is 0 Å². The van der Waals surface area contributed by atoms with Crippen molar-refractivity contribution in [1.29, 1.82) is 0 Å². The molecular weight excluding hydrogens is 517 g/mol. The topological polar surface area (TPSA) is 72.7 Å². The van der Waals surface area contributed by atoms with E-state index >= 15 is 0 Å². The second-order valence-electron chi connectivity index (χ2n) is 7.07. The molecule has 0 saturated carbocycles. The van der Waals surface area contributed by atoms with E-state index in [0.29, 0.717) is 19.8 Å². The zero-order valence-electron chi connectivity index (χ0n) is 18.7. The first-order valence-electron chi connectivity index (χ1n) is 10.6. The number of methoxy groups -OCH3 is 1. The molecule has 172 valence electrons. The fourth-order valence-electron chi connectivity index (χ4n) is 3.08. The van der Waals surface area contributed by atoms with Crippen LogP contribution in [-0.2, 0) is 17.8 Å². The number of hydrogen-bond acceptors (Lipinski definition) is 4. The van der Waals surface area contributed by atoms with E-state index in [1.807, 2.05) is 41.2 Å². The Morgan fingerprint density at radius 1 is 1.06 bits per heavy atom. The molecule has 0 radical (unpaired) electrons. The first-order chi connectivity index (χ1) is 15.3. The van der Waals surface area contributed by atoms with Gasteiger partial charge in [0.2, 0.25) is 0 Å². The van der Waals surface area contributed by atoms with Crippen LogP contribution < -0.4 is 15.4 Å². The van der Waals surface area contributed by atoms with Gasteiger partial charge in [-0.05, 0) is 36.2 Å². The van der Waals surface area contributed by atoms with E-state index in [0.717, 1.165) is 42.5 Å². The highest BCUT2D eigenvalue weighted by Gasteiger charge is 2.03. The maximum atomic E-state index is 5.79. The molecule has 3 rings (SSSR count). The van der Waals surface area contributed by atoms with Crippen LogP contribution in [0.25, 0.3) is 0 Å². The molecule has 0 atom stereocenters. The van der Waals surface area contributed by atoms with Gasteiger partial charge in [0.15, 0.2) is 5.96 Å². The van der Waals surface area contributed by atoms with Gasteiger partial charge >= 0.3 is 0 Å². The fraction of sp³-hybridized carbons (Fsp3) is 0.333. The van der Waals surface area contributed by atoms with Crippen molar-refractivity contribution in [3.63, 3.8) is 0 Å². The van der Waals surface area contributed by atoms with Gasteiger partial charge in [-0.2, -0.15) is 5.10 Å². The van der Waals surface area contributed by atoms with Gasteiger partial charge in [-0.15, -0.1) is 24.0 Å². The standard InChI is InChI=1S/C24H31N5O2.HI/c1-3-25-24(28-22-10-5-11-23(17-22)31-15-7-14-30-2)26-18-20-8-4-9-21(16-20)19-29-13-6-12-27-29;/h4-6,8-13,16-17H,3,7,14-15,18-19H2,1-2H3,(H2,25,26,28);1H. The van der Waals surface area contributed by atoms with Crippen LogP contribution >= 0.6 is 24.0 Å². The molecular formula is C24H32IN5O2. The van der Waals surface area contributed by atoms with Crippen LogP contribution in [0.2, 0.25) is 0 Å².